The molecule has 8 nitrogen and oxygen atoms in total. The Balaban J connectivity index is 2.27. The summed E-state index contributed by atoms with van der Waals surface area (Å²) in [4.78, 5) is 10.9. The summed E-state index contributed by atoms with van der Waals surface area (Å²) < 4.78 is 76.3. The molecule has 25 heavy (non-hydrogen) atoms. The van der Waals surface area contributed by atoms with Gasteiger partial charge in [-0.1, -0.05) is 0 Å². The van der Waals surface area contributed by atoms with Gasteiger partial charge in [0.15, 0.2) is 5.82 Å². The first kappa shape index (κ1) is 17.0. The van der Waals surface area contributed by atoms with Crippen LogP contribution in [0.4, 0.5) is 23.5 Å². The highest BCUT2D eigenvalue weighted by Gasteiger charge is 2.35. The van der Waals surface area contributed by atoms with Crippen molar-refractivity contribution in [3.63, 3.8) is 0 Å². The van der Waals surface area contributed by atoms with Crippen molar-refractivity contribution in [1.29, 1.82) is 0 Å². The van der Waals surface area contributed by atoms with E-state index in [0.29, 0.717) is 6.07 Å². The molecule has 3 rings (SSSR count). The van der Waals surface area contributed by atoms with E-state index in [1.165, 1.54) is 0 Å². The molecule has 0 saturated heterocycles. The smallest absolute Gasteiger partial charge is 0.368 e. The molecular formula is C12H8F4N6O2S. The number of hydrogen-bond acceptors (Lipinski definition) is 7. The van der Waals surface area contributed by atoms with Gasteiger partial charge in [0, 0.05) is 11.8 Å². The lowest BCUT2D eigenvalue weighted by Gasteiger charge is -2.10. The van der Waals surface area contributed by atoms with Crippen LogP contribution in [0.1, 0.15) is 5.56 Å². The molecular weight excluding hydrogens is 368 g/mol. The molecule has 0 amide bonds. The normalized spacial score (nSPS) is 12.7. The van der Waals surface area contributed by atoms with Gasteiger partial charge in [0.05, 0.1) is 5.56 Å². The van der Waals surface area contributed by atoms with Crippen LogP contribution in [-0.2, 0) is 16.0 Å². The number of rotatable bonds is 2. The molecule has 0 saturated carbocycles. The number of fused-ring (bicyclic) bond motifs is 1. The Morgan fingerprint density at radius 1 is 1.16 bits per heavy atom. The molecule has 0 spiro atoms. The Hall–Kier alpha value is -2.83. The molecule has 13 heteroatoms. The maximum absolute atomic E-state index is 13.2. The first-order chi connectivity index (χ1) is 11.5. The number of hydrogen-bond donors (Lipinski definition) is 1. The van der Waals surface area contributed by atoms with E-state index in [1.54, 1.807) is 0 Å². The van der Waals surface area contributed by atoms with Gasteiger partial charge in [-0.25, -0.2) is 12.8 Å². The molecule has 0 fully saturated rings. The lowest BCUT2D eigenvalue weighted by Crippen LogP contribution is -2.11. The second-order valence-corrected chi connectivity index (χ2v) is 6.88. The topological polar surface area (TPSA) is 116 Å². The van der Waals surface area contributed by atoms with Crippen molar-refractivity contribution >= 4 is 21.6 Å². The largest absolute Gasteiger partial charge is 0.417 e. The monoisotopic (exact) mass is 376 g/mol. The second kappa shape index (κ2) is 5.34. The summed E-state index contributed by atoms with van der Waals surface area (Å²) in [6, 6.07) is 1.97. The summed E-state index contributed by atoms with van der Waals surface area (Å²) in [6.07, 6.45) is -4.03. The van der Waals surface area contributed by atoms with E-state index in [9.17, 15) is 26.0 Å². The van der Waals surface area contributed by atoms with Gasteiger partial charge in [0.25, 0.3) is 10.9 Å². The number of halogens is 4. The molecule has 132 valence electrons. The number of nitrogens with zero attached hydrogens (tertiary/aromatic N) is 5. The van der Waals surface area contributed by atoms with Gasteiger partial charge >= 0.3 is 6.18 Å². The molecule has 0 aliphatic rings. The fourth-order valence-electron chi connectivity index (χ4n) is 2.01. The average Bonchev–Trinajstić information content (AvgIpc) is 2.89. The van der Waals surface area contributed by atoms with Crippen LogP contribution in [0.15, 0.2) is 23.4 Å². The SMILES string of the molecule is CS(=O)(=O)c1nc(N)n2nc(-c3ccc(F)cc3C(F)(F)F)nc2n1. The maximum atomic E-state index is 13.2. The zero-order valence-corrected chi connectivity index (χ0v) is 13.1. The van der Waals surface area contributed by atoms with E-state index in [4.69, 9.17) is 5.73 Å². The van der Waals surface area contributed by atoms with Crippen molar-refractivity contribution in [2.45, 2.75) is 11.3 Å². The third-order valence-electron chi connectivity index (χ3n) is 3.07. The molecule has 0 atom stereocenters. The Labute approximate surface area is 137 Å². The number of anilines is 1. The number of benzene rings is 1. The van der Waals surface area contributed by atoms with Gasteiger partial charge in [0.1, 0.15) is 5.82 Å². The standard InChI is InChI=1S/C12H8F4N6O2S/c1-25(23,24)11-19-9(17)22-10(20-11)18-8(21-22)6-3-2-5(13)4-7(6)12(14,15)16/h2-4H,1H3,(H2,17,18,19,20,21). The molecule has 0 aliphatic heterocycles. The molecule has 0 unspecified atom stereocenters. The lowest BCUT2D eigenvalue weighted by molar-refractivity contribution is -0.137. The van der Waals surface area contributed by atoms with E-state index >= 15 is 0 Å². The quantitative estimate of drug-likeness (QED) is 0.671. The lowest BCUT2D eigenvalue weighted by atomic mass is 10.1. The molecule has 3 aromatic rings. The fourth-order valence-corrected chi connectivity index (χ4v) is 2.52. The van der Waals surface area contributed by atoms with Crippen molar-refractivity contribution in [2.75, 3.05) is 12.0 Å². The van der Waals surface area contributed by atoms with E-state index in [2.05, 4.69) is 20.1 Å². The van der Waals surface area contributed by atoms with Gasteiger partial charge in [-0.15, -0.1) is 5.10 Å². The zero-order valence-electron chi connectivity index (χ0n) is 12.3. The Kier molecular flexibility index (Phi) is 3.63. The summed E-state index contributed by atoms with van der Waals surface area (Å²) in [6.45, 7) is 0. The van der Waals surface area contributed by atoms with E-state index in [-0.39, 0.29) is 5.78 Å². The van der Waals surface area contributed by atoms with Gasteiger partial charge in [0.2, 0.25) is 15.8 Å². The Bertz CT molecular complexity index is 1090. The van der Waals surface area contributed by atoms with Crippen LogP contribution in [0.5, 0.6) is 0 Å². The van der Waals surface area contributed by atoms with Crippen LogP contribution in [-0.4, -0.2) is 39.2 Å². The van der Waals surface area contributed by atoms with E-state index in [1.807, 2.05) is 0 Å². The van der Waals surface area contributed by atoms with Crippen LogP contribution in [0.2, 0.25) is 0 Å². The molecule has 0 aliphatic carbocycles. The molecule has 0 radical (unpaired) electrons. The number of nitrogen functional groups attached to an aromatic ring is 1. The molecule has 1 aromatic carbocycles. The predicted molar refractivity (Wildman–Crippen MR) is 76.5 cm³/mol. The average molecular weight is 376 g/mol. The molecule has 2 N–H and O–H groups in total. The Morgan fingerprint density at radius 3 is 2.44 bits per heavy atom. The molecule has 2 aromatic heterocycles. The third kappa shape index (κ3) is 3.09. The minimum absolute atomic E-state index is 0.304. The predicted octanol–water partition coefficient (Wildman–Crippen LogP) is 1.33. The number of alkyl halides is 3. The summed E-state index contributed by atoms with van der Waals surface area (Å²) >= 11 is 0. The van der Waals surface area contributed by atoms with Crippen LogP contribution in [0, 0.1) is 5.82 Å². The van der Waals surface area contributed by atoms with Crippen molar-refractivity contribution < 1.29 is 26.0 Å². The third-order valence-corrected chi connectivity index (χ3v) is 3.92. The van der Waals surface area contributed by atoms with Crippen molar-refractivity contribution in [2.24, 2.45) is 0 Å². The molecule has 2 heterocycles. The van der Waals surface area contributed by atoms with E-state index < -0.39 is 49.9 Å². The number of aromatic nitrogens is 5. The summed E-state index contributed by atoms with van der Waals surface area (Å²) in [5, 5.41) is 3.10. The highest BCUT2D eigenvalue weighted by atomic mass is 32.2. The van der Waals surface area contributed by atoms with Gasteiger partial charge in [-0.2, -0.15) is 32.6 Å². The van der Waals surface area contributed by atoms with Crippen LogP contribution in [0.3, 0.4) is 0 Å². The number of nitrogens with two attached hydrogens (primary N) is 1. The molecule has 0 bridgehead atoms. The first-order valence-electron chi connectivity index (χ1n) is 6.44. The Morgan fingerprint density at radius 2 is 1.84 bits per heavy atom. The van der Waals surface area contributed by atoms with Crippen molar-refractivity contribution in [3.8, 4) is 11.4 Å². The van der Waals surface area contributed by atoms with Crippen molar-refractivity contribution in [3.05, 3.63) is 29.6 Å². The minimum atomic E-state index is -4.86. The second-order valence-electron chi connectivity index (χ2n) is 4.97. The summed E-state index contributed by atoms with van der Waals surface area (Å²) in [7, 11) is -3.82. The summed E-state index contributed by atoms with van der Waals surface area (Å²) in [5.74, 6) is -2.34. The van der Waals surface area contributed by atoms with Crippen LogP contribution < -0.4 is 5.73 Å². The van der Waals surface area contributed by atoms with E-state index in [0.717, 1.165) is 22.9 Å². The first-order valence-corrected chi connectivity index (χ1v) is 8.33. The minimum Gasteiger partial charge on any atom is -0.368 e. The fraction of sp³-hybridized carbons (Fsp3) is 0.167. The summed E-state index contributed by atoms with van der Waals surface area (Å²) in [5.41, 5.74) is 3.75. The van der Waals surface area contributed by atoms with Crippen LogP contribution >= 0.6 is 0 Å². The van der Waals surface area contributed by atoms with Crippen molar-refractivity contribution in [1.82, 2.24) is 24.6 Å². The highest BCUT2D eigenvalue weighted by Crippen LogP contribution is 2.36. The maximum Gasteiger partial charge on any atom is 0.417 e. The van der Waals surface area contributed by atoms with Crippen LogP contribution in [0.25, 0.3) is 17.2 Å². The van der Waals surface area contributed by atoms with Gasteiger partial charge in [-0.3, -0.25) is 0 Å². The van der Waals surface area contributed by atoms with Gasteiger partial charge < -0.3 is 5.73 Å². The van der Waals surface area contributed by atoms with Gasteiger partial charge in [-0.05, 0) is 18.2 Å². The highest BCUT2D eigenvalue weighted by molar-refractivity contribution is 7.90. The zero-order chi connectivity index (χ0) is 18.6. The number of sulfone groups is 1.